The molecule has 0 atom stereocenters. The van der Waals surface area contributed by atoms with Gasteiger partial charge in [-0.1, -0.05) is 30.3 Å². The molecule has 5 heteroatoms. The summed E-state index contributed by atoms with van der Waals surface area (Å²) in [6, 6.07) is 11.8. The number of nitrogens with zero attached hydrogens (tertiary/aromatic N) is 3. The van der Waals surface area contributed by atoms with Crippen molar-refractivity contribution in [1.29, 1.82) is 0 Å². The first-order chi connectivity index (χ1) is 9.28. The maximum absolute atomic E-state index is 9.14. The predicted octanol–water partition coefficient (Wildman–Crippen LogP) is 1.05. The second kappa shape index (κ2) is 6.82. The van der Waals surface area contributed by atoms with Gasteiger partial charge in [-0.25, -0.2) is 9.97 Å². The Morgan fingerprint density at radius 1 is 1.11 bits per heavy atom. The topological polar surface area (TPSA) is 75.3 Å². The van der Waals surface area contributed by atoms with E-state index in [-0.39, 0.29) is 6.61 Å². The molecule has 1 aromatic carbocycles. The Morgan fingerprint density at radius 2 is 1.89 bits per heavy atom. The van der Waals surface area contributed by atoms with Crippen LogP contribution in [0.25, 0.3) is 0 Å². The molecule has 0 saturated heterocycles. The van der Waals surface area contributed by atoms with Crippen molar-refractivity contribution in [1.82, 2.24) is 14.9 Å². The molecule has 0 unspecified atom stereocenters. The predicted molar refractivity (Wildman–Crippen MR) is 74.1 cm³/mol. The zero-order valence-corrected chi connectivity index (χ0v) is 10.7. The number of nitrogen functional groups attached to an aromatic ring is 1. The fourth-order valence-electron chi connectivity index (χ4n) is 1.89. The normalized spacial score (nSPS) is 10.8. The lowest BCUT2D eigenvalue weighted by molar-refractivity contribution is 0.181. The number of anilines is 1. The Labute approximate surface area is 112 Å². The van der Waals surface area contributed by atoms with E-state index in [0.29, 0.717) is 24.7 Å². The Balaban J connectivity index is 2.04. The molecule has 100 valence electrons. The second-order valence-corrected chi connectivity index (χ2v) is 4.32. The average molecular weight is 258 g/mol. The van der Waals surface area contributed by atoms with Crippen molar-refractivity contribution in [2.24, 2.45) is 0 Å². The number of aromatic nitrogens is 2. The molecule has 0 radical (unpaired) electrons. The summed E-state index contributed by atoms with van der Waals surface area (Å²) in [6.45, 7) is 2.00. The Bertz CT molecular complexity index is 504. The first-order valence-electron chi connectivity index (χ1n) is 6.22. The number of benzene rings is 1. The van der Waals surface area contributed by atoms with Crippen molar-refractivity contribution in [3.8, 4) is 0 Å². The second-order valence-electron chi connectivity index (χ2n) is 4.32. The van der Waals surface area contributed by atoms with Gasteiger partial charge in [0.05, 0.1) is 13.2 Å². The maximum Gasteiger partial charge on any atom is 0.144 e. The highest BCUT2D eigenvalue weighted by Gasteiger charge is 2.08. The Morgan fingerprint density at radius 3 is 2.58 bits per heavy atom. The number of hydrogen-bond donors (Lipinski definition) is 2. The fourth-order valence-corrected chi connectivity index (χ4v) is 1.89. The largest absolute Gasteiger partial charge is 0.395 e. The monoisotopic (exact) mass is 258 g/mol. The lowest BCUT2D eigenvalue weighted by Crippen LogP contribution is -2.27. The lowest BCUT2D eigenvalue weighted by Gasteiger charge is -2.20. The van der Waals surface area contributed by atoms with Crippen LogP contribution in [0.4, 0.5) is 5.82 Å². The molecule has 0 aliphatic heterocycles. The molecule has 2 aromatic rings. The average Bonchev–Trinajstić information content (AvgIpc) is 2.40. The highest BCUT2D eigenvalue weighted by Crippen LogP contribution is 2.07. The highest BCUT2D eigenvalue weighted by atomic mass is 16.3. The molecule has 0 aliphatic carbocycles. The van der Waals surface area contributed by atoms with E-state index >= 15 is 0 Å². The molecular formula is C14H18N4O. The molecule has 0 amide bonds. The molecule has 0 fully saturated rings. The third-order valence-corrected chi connectivity index (χ3v) is 2.76. The SMILES string of the molecule is Nc1ccnc(CN(CCO)Cc2ccccc2)n1. The molecule has 3 N–H and O–H groups in total. The van der Waals surface area contributed by atoms with E-state index in [4.69, 9.17) is 10.8 Å². The summed E-state index contributed by atoms with van der Waals surface area (Å²) in [7, 11) is 0. The van der Waals surface area contributed by atoms with Gasteiger partial charge in [-0.3, -0.25) is 4.90 Å². The number of aliphatic hydroxyl groups excluding tert-OH is 1. The zero-order chi connectivity index (χ0) is 13.5. The van der Waals surface area contributed by atoms with Crippen LogP contribution in [-0.4, -0.2) is 33.1 Å². The molecule has 0 aliphatic rings. The van der Waals surface area contributed by atoms with Gasteiger partial charge in [-0.05, 0) is 11.6 Å². The van der Waals surface area contributed by atoms with Crippen molar-refractivity contribution in [2.45, 2.75) is 13.1 Å². The number of hydrogen-bond acceptors (Lipinski definition) is 5. The van der Waals surface area contributed by atoms with E-state index in [1.165, 1.54) is 5.56 Å². The molecule has 1 aromatic heterocycles. The van der Waals surface area contributed by atoms with Gasteiger partial charge in [0.15, 0.2) is 0 Å². The van der Waals surface area contributed by atoms with Gasteiger partial charge in [0, 0.05) is 19.3 Å². The van der Waals surface area contributed by atoms with Crippen molar-refractivity contribution < 1.29 is 5.11 Å². The van der Waals surface area contributed by atoms with Crippen LogP contribution in [0.3, 0.4) is 0 Å². The third-order valence-electron chi connectivity index (χ3n) is 2.76. The van der Waals surface area contributed by atoms with Gasteiger partial charge in [-0.2, -0.15) is 0 Å². The Hall–Kier alpha value is -1.98. The molecule has 1 heterocycles. The van der Waals surface area contributed by atoms with Gasteiger partial charge in [0.25, 0.3) is 0 Å². The first kappa shape index (κ1) is 13.5. The highest BCUT2D eigenvalue weighted by molar-refractivity contribution is 5.25. The van der Waals surface area contributed by atoms with Crippen LogP contribution in [0.15, 0.2) is 42.6 Å². The first-order valence-corrected chi connectivity index (χ1v) is 6.22. The summed E-state index contributed by atoms with van der Waals surface area (Å²) in [5.41, 5.74) is 6.84. The van der Waals surface area contributed by atoms with Crippen molar-refractivity contribution in [2.75, 3.05) is 18.9 Å². The molecule has 0 bridgehead atoms. The number of rotatable bonds is 6. The van der Waals surface area contributed by atoms with E-state index in [9.17, 15) is 0 Å². The fraction of sp³-hybridized carbons (Fsp3) is 0.286. The minimum atomic E-state index is 0.106. The summed E-state index contributed by atoms with van der Waals surface area (Å²) in [5, 5.41) is 9.14. The van der Waals surface area contributed by atoms with Gasteiger partial charge in [0.2, 0.25) is 0 Å². The standard InChI is InChI=1S/C14H18N4O/c15-13-6-7-16-14(17-13)11-18(8-9-19)10-12-4-2-1-3-5-12/h1-7,19H,8-11H2,(H2,15,16,17). The van der Waals surface area contributed by atoms with E-state index in [1.807, 2.05) is 18.2 Å². The summed E-state index contributed by atoms with van der Waals surface area (Å²) in [5.74, 6) is 1.14. The molecule has 0 saturated carbocycles. The van der Waals surface area contributed by atoms with E-state index in [1.54, 1.807) is 12.3 Å². The molecule has 5 nitrogen and oxygen atoms in total. The van der Waals surface area contributed by atoms with Crippen LogP contribution in [0.5, 0.6) is 0 Å². The van der Waals surface area contributed by atoms with Crippen LogP contribution in [0, 0.1) is 0 Å². The smallest absolute Gasteiger partial charge is 0.144 e. The summed E-state index contributed by atoms with van der Waals surface area (Å²) in [4.78, 5) is 10.5. The van der Waals surface area contributed by atoms with Crippen molar-refractivity contribution in [3.63, 3.8) is 0 Å². The van der Waals surface area contributed by atoms with Gasteiger partial charge < -0.3 is 10.8 Å². The van der Waals surface area contributed by atoms with Crippen LogP contribution < -0.4 is 5.73 Å². The van der Waals surface area contributed by atoms with Gasteiger partial charge >= 0.3 is 0 Å². The molecule has 0 spiro atoms. The van der Waals surface area contributed by atoms with Crippen molar-refractivity contribution in [3.05, 3.63) is 54.0 Å². The maximum atomic E-state index is 9.14. The van der Waals surface area contributed by atoms with E-state index in [0.717, 1.165) is 6.54 Å². The van der Waals surface area contributed by atoms with E-state index < -0.39 is 0 Å². The summed E-state index contributed by atoms with van der Waals surface area (Å²) >= 11 is 0. The molecule has 19 heavy (non-hydrogen) atoms. The Kier molecular flexibility index (Phi) is 4.83. The zero-order valence-electron chi connectivity index (χ0n) is 10.7. The van der Waals surface area contributed by atoms with Crippen LogP contribution in [0.1, 0.15) is 11.4 Å². The minimum Gasteiger partial charge on any atom is -0.395 e. The lowest BCUT2D eigenvalue weighted by atomic mass is 10.2. The van der Waals surface area contributed by atoms with Gasteiger partial charge in [0.1, 0.15) is 11.6 Å². The number of nitrogens with two attached hydrogens (primary N) is 1. The minimum absolute atomic E-state index is 0.106. The van der Waals surface area contributed by atoms with Crippen LogP contribution >= 0.6 is 0 Å². The van der Waals surface area contributed by atoms with Crippen LogP contribution in [-0.2, 0) is 13.1 Å². The van der Waals surface area contributed by atoms with Crippen LogP contribution in [0.2, 0.25) is 0 Å². The van der Waals surface area contributed by atoms with Gasteiger partial charge in [-0.15, -0.1) is 0 Å². The van der Waals surface area contributed by atoms with E-state index in [2.05, 4.69) is 27.0 Å². The number of aliphatic hydroxyl groups is 1. The van der Waals surface area contributed by atoms with Crippen molar-refractivity contribution >= 4 is 5.82 Å². The summed E-state index contributed by atoms with van der Waals surface area (Å²) < 4.78 is 0. The molecular weight excluding hydrogens is 240 g/mol. The molecule has 2 rings (SSSR count). The third kappa shape index (κ3) is 4.31. The summed E-state index contributed by atoms with van der Waals surface area (Å²) in [6.07, 6.45) is 1.65. The quantitative estimate of drug-likeness (QED) is 0.810.